The van der Waals surface area contributed by atoms with Crippen LogP contribution in [0.5, 0.6) is 57.8 Å². The first-order valence-corrected chi connectivity index (χ1v) is 30.8. The van der Waals surface area contributed by atoms with Gasteiger partial charge in [0, 0.05) is 60.7 Å². The monoisotopic (exact) mass is 1560 g/mol. The zero-order valence-corrected chi connectivity index (χ0v) is 59.4. The van der Waals surface area contributed by atoms with Crippen LogP contribution in [0.3, 0.4) is 0 Å². The third kappa shape index (κ3) is 29.0. The molecule has 91 heavy (non-hydrogen) atoms. The molecule has 4 aromatic carbocycles. The first kappa shape index (κ1) is 81.5. The van der Waals surface area contributed by atoms with Crippen molar-refractivity contribution in [3.05, 3.63) is 144 Å². The van der Waals surface area contributed by atoms with Crippen LogP contribution < -0.4 is 23.7 Å². The molecule has 0 saturated heterocycles. The number of carbonyl (C=O) groups excluding carboxylic acids is 3. The van der Waals surface area contributed by atoms with Gasteiger partial charge in [0.15, 0.2) is 63.4 Å². The summed E-state index contributed by atoms with van der Waals surface area (Å²) in [5.74, 6) is -0.725. The van der Waals surface area contributed by atoms with Crippen LogP contribution in [0.15, 0.2) is 66.7 Å². The van der Waals surface area contributed by atoms with Crippen molar-refractivity contribution >= 4 is 179 Å². The third-order valence-electron chi connectivity index (χ3n) is 10.3. The Hall–Kier alpha value is -5.64. The maximum absolute atomic E-state index is 11.1. The number of methoxy groups -OCH3 is 3. The van der Waals surface area contributed by atoms with Crippen molar-refractivity contribution in [2.45, 2.75) is 59.3 Å². The Kier molecular flexibility index (Phi) is 36.8. The van der Waals surface area contributed by atoms with Crippen molar-refractivity contribution in [3.63, 3.8) is 0 Å². The minimum absolute atomic E-state index is 0.0463. The van der Waals surface area contributed by atoms with Crippen LogP contribution in [0.25, 0.3) is 0 Å². The molecule has 3 heterocycles. The summed E-state index contributed by atoms with van der Waals surface area (Å²) in [6.07, 6.45) is 0. The summed E-state index contributed by atoms with van der Waals surface area (Å²) in [5.41, 5.74) is 2.50. The van der Waals surface area contributed by atoms with Gasteiger partial charge in [0.2, 0.25) is 11.8 Å². The summed E-state index contributed by atoms with van der Waals surface area (Å²) in [6.45, 7) is 10.9. The first-order chi connectivity index (χ1) is 42.7. The Bertz CT molecular complexity index is 3500. The molecule has 4 N–H and O–H groups in total. The molecule has 0 radical (unpaired) electrons. The molecule has 0 aliphatic heterocycles. The number of nitrogens with zero attached hydrogens (tertiary/aromatic N) is 6. The van der Waals surface area contributed by atoms with Gasteiger partial charge in [0.05, 0.1) is 61.5 Å². The van der Waals surface area contributed by atoms with E-state index in [1.54, 1.807) is 18.2 Å². The molecule has 0 fully saturated rings. The smallest absolute Gasteiger partial charge is 0.343 e. The number of esters is 3. The number of hydrogen-bond donors (Lipinski definition) is 4. The Morgan fingerprint density at radius 2 is 0.714 bits per heavy atom. The zero-order valence-electron chi connectivity index (χ0n) is 48.7. The van der Waals surface area contributed by atoms with Crippen molar-refractivity contribution in [1.82, 2.24) is 30.6 Å². The second-order valence-electron chi connectivity index (χ2n) is 18.0. The summed E-state index contributed by atoms with van der Waals surface area (Å²) in [6, 6.07) is 15.9. The van der Waals surface area contributed by atoms with Crippen LogP contribution >= 0.6 is 155 Å². The predicted molar refractivity (Wildman–Crippen MR) is 353 cm³/mol. The predicted octanol–water partition coefficient (Wildman–Crippen LogP) is 17.8. The molecule has 0 aliphatic rings. The summed E-state index contributed by atoms with van der Waals surface area (Å²) in [4.78, 5) is 42.3. The zero-order chi connectivity index (χ0) is 69.0. The van der Waals surface area contributed by atoms with E-state index in [2.05, 4.69) is 60.7 Å². The van der Waals surface area contributed by atoms with Gasteiger partial charge in [-0.2, -0.15) is 0 Å². The number of carboxylic acids is 1. The summed E-state index contributed by atoms with van der Waals surface area (Å²) in [5, 5.41) is 61.0. The highest BCUT2D eigenvalue weighted by molar-refractivity contribution is 9.09. The van der Waals surface area contributed by atoms with E-state index in [-0.39, 0.29) is 129 Å². The lowest BCUT2D eigenvalue weighted by molar-refractivity contribution is -0.143. The molecule has 494 valence electrons. The van der Waals surface area contributed by atoms with E-state index in [1.165, 1.54) is 69.9 Å². The number of phenols is 3. The second-order valence-corrected chi connectivity index (χ2v) is 23.3. The van der Waals surface area contributed by atoms with Crippen LogP contribution in [0, 0.1) is 0 Å². The lowest BCUT2D eigenvalue weighted by atomic mass is 10.1. The van der Waals surface area contributed by atoms with Crippen LogP contribution in [-0.4, -0.2) is 121 Å². The molecule has 0 unspecified atom stereocenters. The first-order valence-electron chi connectivity index (χ1n) is 25.2. The topological polar surface area (TPSA) is 300 Å². The number of rotatable bonds is 17. The van der Waals surface area contributed by atoms with Crippen LogP contribution in [-0.2, 0) is 33.4 Å². The van der Waals surface area contributed by atoms with Gasteiger partial charge in [0.1, 0.15) is 28.3 Å². The summed E-state index contributed by atoms with van der Waals surface area (Å²) >= 11 is 73.0. The Morgan fingerprint density at radius 3 is 1.00 bits per heavy atom. The molecule has 3 aromatic heterocycles. The van der Waals surface area contributed by atoms with Crippen LogP contribution in [0.2, 0.25) is 60.8 Å². The lowest BCUT2D eigenvalue weighted by Crippen LogP contribution is -2.12. The average Bonchev–Trinajstić information content (AvgIpc) is 1.91. The molecule has 7 rings (SSSR count). The molecule has 0 atom stereocenters. The van der Waals surface area contributed by atoms with Gasteiger partial charge in [-0.1, -0.05) is 197 Å². The number of carboxylic acid groups (broad SMARTS) is 1. The summed E-state index contributed by atoms with van der Waals surface area (Å²) < 4.78 is 39.6. The molecule has 0 spiro atoms. The Labute approximate surface area is 590 Å². The van der Waals surface area contributed by atoms with Gasteiger partial charge in [0.25, 0.3) is 0 Å². The van der Waals surface area contributed by atoms with Crippen molar-refractivity contribution in [2.75, 3.05) is 46.5 Å². The maximum atomic E-state index is 11.1. The molecule has 35 heteroatoms. The highest BCUT2D eigenvalue weighted by atomic mass is 79.9. The van der Waals surface area contributed by atoms with Crippen molar-refractivity contribution in [3.8, 4) is 57.8 Å². The van der Waals surface area contributed by atoms with Gasteiger partial charge < -0.3 is 58.3 Å². The largest absolute Gasteiger partial charge is 0.508 e. The Balaban J connectivity index is 0.000000394. The fourth-order valence-electron chi connectivity index (χ4n) is 5.85. The molecule has 0 saturated carbocycles. The van der Waals surface area contributed by atoms with Gasteiger partial charge in [-0.3, -0.25) is 4.79 Å². The fourth-order valence-corrected chi connectivity index (χ4v) is 9.20. The van der Waals surface area contributed by atoms with E-state index < -0.39 is 24.5 Å². The quantitative estimate of drug-likeness (QED) is 0.0285. The van der Waals surface area contributed by atoms with Gasteiger partial charge in [-0.25, -0.2) is 14.4 Å². The van der Waals surface area contributed by atoms with Gasteiger partial charge in [-0.05, 0) is 40.5 Å². The molecular weight excluding hydrogens is 1520 g/mol. The van der Waals surface area contributed by atoms with Crippen LogP contribution in [0.1, 0.15) is 76.0 Å². The second kappa shape index (κ2) is 41.1. The lowest BCUT2D eigenvalue weighted by Gasteiger charge is -2.13. The average molecular weight is 1570 g/mol. The van der Waals surface area contributed by atoms with E-state index in [0.29, 0.717) is 32.3 Å². The van der Waals surface area contributed by atoms with Gasteiger partial charge >= 0.3 is 23.9 Å². The van der Waals surface area contributed by atoms with E-state index >= 15 is 0 Å². The molecule has 0 bridgehead atoms. The number of ether oxygens (including phenoxy) is 8. The third-order valence-corrected chi connectivity index (χ3v) is 14.1. The van der Waals surface area contributed by atoms with Crippen molar-refractivity contribution in [1.29, 1.82) is 0 Å². The number of benzene rings is 4. The van der Waals surface area contributed by atoms with E-state index in [9.17, 15) is 24.3 Å². The number of aliphatic carboxylic acids is 1. The fraction of sp³-hybridized carbons (Fsp3) is 0.286. The highest BCUT2D eigenvalue weighted by Crippen LogP contribution is 2.42. The molecule has 7 aromatic rings. The van der Waals surface area contributed by atoms with Crippen molar-refractivity contribution in [2.24, 2.45) is 0 Å². The standard InChI is InChI=1S/C16H15Cl3N2O4.C15H13Cl3N2O4.C9H8Cl2O4.C7H8Cl2N2.C6H4Cl2O2.C3H5BrO2/c1-8(2)10-6-13(20-21-16(10)19)25-15-11(17)4-9(5-12(15)18)24-7-14(22)23-3;1-7(2)9-5-12(19-20-15(9)18)24-14-10(16)3-8(4-11(14)17)23-6-13(21)22;1-14-8(12)4-15-5-2-6(10)9(13)7(11)3-5;1-4(2)5-3-6(8)10-11-7(5)9;7-4-1-3(9)2-5(8)6(4)10;1-6-3(5)2-4/h4-6,8H,7H2,1-3H3;3-5,7H,6H2,1-2H3,(H,21,22);2-3,13H,4H2,1H3;3-4H,1-2H3;1-2,9-10H;2H2,1H3. The van der Waals surface area contributed by atoms with Crippen LogP contribution in [0.4, 0.5) is 0 Å². The van der Waals surface area contributed by atoms with E-state index in [4.69, 9.17) is 178 Å². The highest BCUT2D eigenvalue weighted by Gasteiger charge is 2.19. The number of aromatic hydroxyl groups is 3. The Morgan fingerprint density at radius 1 is 0.418 bits per heavy atom. The molecule has 22 nitrogen and oxygen atoms in total. The minimum Gasteiger partial charge on any atom is -0.508 e. The van der Waals surface area contributed by atoms with E-state index in [1.807, 2.05) is 41.5 Å². The number of halogens is 13. The van der Waals surface area contributed by atoms with E-state index in [0.717, 1.165) is 16.7 Å². The number of carbonyl (C=O) groups is 4. The number of aromatic nitrogens is 6. The minimum atomic E-state index is -1.11. The molecule has 0 aliphatic carbocycles. The molecule has 0 amide bonds. The molecular formula is C56H53BrCl12N6O16. The number of hydrogen-bond acceptors (Lipinski definition) is 21. The SMILES string of the molecule is CC(C)c1cc(Cl)nnc1Cl.CC(C)c1cc(Oc2c(Cl)cc(OCC(=O)O)cc2Cl)nnc1Cl.COC(=O)CBr.COC(=O)COc1cc(Cl)c(O)c(Cl)c1.COC(=O)COc1cc(Cl)c(Oc2cc(C(C)C)c(Cl)nn2)c(Cl)c1.Oc1cc(Cl)c(O)c(Cl)c1. The number of phenolic OH excluding ortho intramolecular Hbond substituents is 3. The maximum Gasteiger partial charge on any atom is 0.343 e. The van der Waals surface area contributed by atoms with Gasteiger partial charge in [-0.15, -0.1) is 30.6 Å². The number of alkyl halides is 1. The normalized spacial score (nSPS) is 10.3. The summed E-state index contributed by atoms with van der Waals surface area (Å²) in [7, 11) is 3.87. The van der Waals surface area contributed by atoms with Crippen molar-refractivity contribution < 1.29 is 77.5 Å².